The van der Waals surface area contributed by atoms with E-state index < -0.39 is 0 Å². The number of aromatic nitrogens is 2. The highest BCUT2D eigenvalue weighted by molar-refractivity contribution is 6.26. The van der Waals surface area contributed by atoms with Gasteiger partial charge in [-0.3, -0.25) is 0 Å². The normalized spacial score (nSPS) is 12.1. The summed E-state index contributed by atoms with van der Waals surface area (Å²) in [5, 5.41) is 12.9. The molecular weight excluding hydrogens is 532 g/mol. The van der Waals surface area contributed by atoms with E-state index in [1.165, 1.54) is 87.1 Å². The van der Waals surface area contributed by atoms with Gasteiger partial charge in [-0.2, -0.15) is 0 Å². The molecule has 2 heterocycles. The maximum atomic E-state index is 3.73. The van der Waals surface area contributed by atoms with Crippen LogP contribution in [0.25, 0.3) is 92.7 Å². The average molecular weight is 559 g/mol. The molecule has 0 aliphatic rings. The van der Waals surface area contributed by atoms with Crippen LogP contribution in [0.2, 0.25) is 0 Å². The second-order valence-electron chi connectivity index (χ2n) is 11.8. The van der Waals surface area contributed by atoms with E-state index in [-0.39, 0.29) is 0 Å². The van der Waals surface area contributed by atoms with Crippen LogP contribution < -0.4 is 0 Å². The van der Waals surface area contributed by atoms with E-state index >= 15 is 0 Å². The van der Waals surface area contributed by atoms with Gasteiger partial charge >= 0.3 is 0 Å². The van der Waals surface area contributed by atoms with Crippen molar-refractivity contribution in [1.29, 1.82) is 0 Å². The van der Waals surface area contributed by atoms with Gasteiger partial charge in [0, 0.05) is 32.7 Å². The monoisotopic (exact) mass is 558 g/mol. The SMILES string of the molecule is c1ccc2c(c1)[nH]c1c2ccc2c1c1ccccc1n2-c1ccc(-c2ccc3c4ccccc4c4ccccc4c3c2)cc1. The topological polar surface area (TPSA) is 20.7 Å². The predicted octanol–water partition coefficient (Wildman–Crippen LogP) is 11.5. The van der Waals surface area contributed by atoms with Gasteiger partial charge in [0.2, 0.25) is 0 Å². The minimum Gasteiger partial charge on any atom is -0.354 e. The smallest absolute Gasteiger partial charge is 0.0566 e. The van der Waals surface area contributed by atoms with E-state index in [1.807, 2.05) is 0 Å². The first-order valence-corrected chi connectivity index (χ1v) is 15.2. The Kier molecular flexibility index (Phi) is 4.75. The summed E-state index contributed by atoms with van der Waals surface area (Å²) in [5.41, 5.74) is 8.40. The van der Waals surface area contributed by atoms with Crippen LogP contribution in [0.3, 0.4) is 0 Å². The molecule has 2 aromatic heterocycles. The molecule has 0 bridgehead atoms. The van der Waals surface area contributed by atoms with Crippen molar-refractivity contribution in [2.45, 2.75) is 0 Å². The van der Waals surface area contributed by atoms with Gasteiger partial charge in [-0.1, -0.05) is 115 Å². The molecule has 0 fully saturated rings. The number of nitrogens with one attached hydrogen (secondary N) is 1. The first kappa shape index (κ1) is 23.7. The molecule has 10 rings (SSSR count). The Labute approximate surface area is 253 Å². The Morgan fingerprint density at radius 3 is 1.64 bits per heavy atom. The molecule has 0 aliphatic carbocycles. The van der Waals surface area contributed by atoms with E-state index in [4.69, 9.17) is 0 Å². The highest BCUT2D eigenvalue weighted by Crippen LogP contribution is 2.40. The van der Waals surface area contributed by atoms with E-state index in [9.17, 15) is 0 Å². The maximum absolute atomic E-state index is 3.73. The van der Waals surface area contributed by atoms with Crippen molar-refractivity contribution in [3.05, 3.63) is 152 Å². The number of nitrogens with zero attached hydrogens (tertiary/aromatic N) is 1. The molecule has 204 valence electrons. The lowest BCUT2D eigenvalue weighted by molar-refractivity contribution is 1.18. The molecule has 0 amide bonds. The fraction of sp³-hybridized carbons (Fsp3) is 0. The second kappa shape index (κ2) is 8.82. The van der Waals surface area contributed by atoms with Crippen LogP contribution in [-0.4, -0.2) is 9.55 Å². The van der Waals surface area contributed by atoms with Crippen LogP contribution in [0.5, 0.6) is 0 Å². The third-order valence-electron chi connectivity index (χ3n) is 9.52. The highest BCUT2D eigenvalue weighted by atomic mass is 15.0. The first-order chi connectivity index (χ1) is 21.8. The summed E-state index contributed by atoms with van der Waals surface area (Å²) in [6.07, 6.45) is 0. The van der Waals surface area contributed by atoms with Crippen molar-refractivity contribution in [3.63, 3.8) is 0 Å². The third kappa shape index (κ3) is 3.20. The van der Waals surface area contributed by atoms with E-state index in [0.29, 0.717) is 0 Å². The molecule has 2 heteroatoms. The van der Waals surface area contributed by atoms with Crippen molar-refractivity contribution < 1.29 is 0 Å². The molecule has 0 spiro atoms. The van der Waals surface area contributed by atoms with Crippen LogP contribution in [0.15, 0.2) is 152 Å². The number of rotatable bonds is 2. The van der Waals surface area contributed by atoms with E-state index in [0.717, 1.165) is 5.69 Å². The fourth-order valence-electron chi connectivity index (χ4n) is 7.54. The van der Waals surface area contributed by atoms with Crippen LogP contribution in [-0.2, 0) is 0 Å². The van der Waals surface area contributed by atoms with Crippen LogP contribution in [0.4, 0.5) is 0 Å². The summed E-state index contributed by atoms with van der Waals surface area (Å²) in [5.74, 6) is 0. The van der Waals surface area contributed by atoms with E-state index in [2.05, 4.69) is 161 Å². The molecular formula is C42H26N2. The molecule has 44 heavy (non-hydrogen) atoms. The Morgan fingerprint density at radius 2 is 0.909 bits per heavy atom. The van der Waals surface area contributed by atoms with Crippen molar-refractivity contribution in [2.75, 3.05) is 0 Å². The standard InChI is InChI=1S/C42H26N2/c1-2-11-31-29(9-1)30-10-3-4-12-32(30)37-25-27(19-22-33(31)37)26-17-20-28(21-18-26)44-39-16-8-6-14-36(39)41-40(44)24-23-35-34-13-5-7-15-38(34)43-42(35)41/h1-25,43H. The summed E-state index contributed by atoms with van der Waals surface area (Å²) in [6, 6.07) is 55.4. The highest BCUT2D eigenvalue weighted by Gasteiger charge is 2.17. The molecule has 0 atom stereocenters. The molecule has 0 unspecified atom stereocenters. The summed E-state index contributed by atoms with van der Waals surface area (Å²) >= 11 is 0. The van der Waals surface area contributed by atoms with Crippen molar-refractivity contribution in [2.24, 2.45) is 0 Å². The fourth-order valence-corrected chi connectivity index (χ4v) is 7.54. The van der Waals surface area contributed by atoms with Gasteiger partial charge in [-0.05, 0) is 79.8 Å². The number of aromatic amines is 1. The summed E-state index contributed by atoms with van der Waals surface area (Å²) in [6.45, 7) is 0. The number of para-hydroxylation sites is 2. The van der Waals surface area contributed by atoms with Crippen LogP contribution in [0.1, 0.15) is 0 Å². The van der Waals surface area contributed by atoms with Gasteiger partial charge in [-0.25, -0.2) is 0 Å². The molecule has 0 radical (unpaired) electrons. The molecule has 0 saturated carbocycles. The lowest BCUT2D eigenvalue weighted by atomic mass is 9.92. The summed E-state index contributed by atoms with van der Waals surface area (Å²) in [4.78, 5) is 3.73. The zero-order valence-electron chi connectivity index (χ0n) is 23.9. The minimum atomic E-state index is 1.16. The Balaban J connectivity index is 1.16. The zero-order chi connectivity index (χ0) is 28.8. The van der Waals surface area contributed by atoms with Crippen molar-refractivity contribution in [3.8, 4) is 16.8 Å². The largest absolute Gasteiger partial charge is 0.354 e. The van der Waals surface area contributed by atoms with Crippen LogP contribution in [0, 0.1) is 0 Å². The van der Waals surface area contributed by atoms with Crippen molar-refractivity contribution in [1.82, 2.24) is 9.55 Å². The molecule has 8 aromatic carbocycles. The number of hydrogen-bond acceptors (Lipinski definition) is 0. The Morgan fingerprint density at radius 1 is 0.364 bits per heavy atom. The van der Waals surface area contributed by atoms with Gasteiger partial charge in [0.05, 0.1) is 16.6 Å². The third-order valence-corrected chi connectivity index (χ3v) is 9.52. The number of fused-ring (bicyclic) bond motifs is 13. The molecule has 0 aliphatic heterocycles. The Hall–Kier alpha value is -5.86. The van der Waals surface area contributed by atoms with Crippen LogP contribution >= 0.6 is 0 Å². The molecule has 0 saturated heterocycles. The van der Waals surface area contributed by atoms with Gasteiger partial charge in [-0.15, -0.1) is 0 Å². The lowest BCUT2D eigenvalue weighted by Gasteiger charge is -2.13. The minimum absolute atomic E-state index is 1.16. The van der Waals surface area contributed by atoms with Gasteiger partial charge in [0.25, 0.3) is 0 Å². The van der Waals surface area contributed by atoms with E-state index in [1.54, 1.807) is 0 Å². The maximum Gasteiger partial charge on any atom is 0.0566 e. The number of hydrogen-bond donors (Lipinski definition) is 1. The number of benzene rings is 8. The van der Waals surface area contributed by atoms with Gasteiger partial charge in [0.15, 0.2) is 0 Å². The molecule has 1 N–H and O–H groups in total. The quantitative estimate of drug-likeness (QED) is 0.204. The zero-order valence-corrected chi connectivity index (χ0v) is 23.9. The van der Waals surface area contributed by atoms with Gasteiger partial charge < -0.3 is 9.55 Å². The summed E-state index contributed by atoms with van der Waals surface area (Å²) in [7, 11) is 0. The second-order valence-corrected chi connectivity index (χ2v) is 11.8. The first-order valence-electron chi connectivity index (χ1n) is 15.2. The Bertz CT molecular complexity index is 2720. The van der Waals surface area contributed by atoms with Gasteiger partial charge in [0.1, 0.15) is 0 Å². The molecule has 10 aromatic rings. The number of H-pyrrole nitrogens is 1. The average Bonchev–Trinajstić information content (AvgIpc) is 3.64. The summed E-state index contributed by atoms with van der Waals surface area (Å²) < 4.78 is 2.40. The van der Waals surface area contributed by atoms with Crippen molar-refractivity contribution >= 4 is 75.9 Å². The molecule has 2 nitrogen and oxygen atoms in total. The predicted molar refractivity (Wildman–Crippen MR) is 188 cm³/mol. The lowest BCUT2D eigenvalue weighted by Crippen LogP contribution is -1.93.